The van der Waals surface area contributed by atoms with Crippen molar-refractivity contribution in [1.82, 2.24) is 4.90 Å². The van der Waals surface area contributed by atoms with E-state index in [-0.39, 0.29) is 23.5 Å². The van der Waals surface area contributed by atoms with E-state index in [1.165, 1.54) is 12.0 Å². The minimum atomic E-state index is -0.735. The fraction of sp³-hybridized carbons (Fsp3) is 0.267. The van der Waals surface area contributed by atoms with Crippen LogP contribution in [-0.4, -0.2) is 34.4 Å². The number of Topliss-reactive ketones (excluding diaryl/α,β-unsaturated/α-hetero) is 1. The molecular weight excluding hydrogens is 454 g/mol. The summed E-state index contributed by atoms with van der Waals surface area (Å²) in [4.78, 5) is 28.1. The summed E-state index contributed by atoms with van der Waals surface area (Å²) in [6.07, 6.45) is 0. The van der Waals surface area contributed by atoms with E-state index in [1.54, 1.807) is 24.3 Å². The van der Waals surface area contributed by atoms with Gasteiger partial charge in [0.25, 0.3) is 11.7 Å². The van der Waals surface area contributed by atoms with Crippen LogP contribution in [0.1, 0.15) is 49.1 Å². The molecule has 3 aromatic carbocycles. The maximum Gasteiger partial charge on any atom is 0.295 e. The van der Waals surface area contributed by atoms with E-state index in [0.717, 1.165) is 22.4 Å². The molecule has 0 spiro atoms. The zero-order chi connectivity index (χ0) is 26.0. The molecule has 0 bridgehead atoms. The maximum atomic E-state index is 13.3. The Balaban J connectivity index is 1.77. The third kappa shape index (κ3) is 5.28. The predicted molar refractivity (Wildman–Crippen MR) is 139 cm³/mol. The number of rotatable bonds is 6. The summed E-state index contributed by atoms with van der Waals surface area (Å²) in [5.74, 6) is -0.329. The fourth-order valence-corrected chi connectivity index (χ4v) is 4.37. The molecule has 1 saturated heterocycles. The molecule has 36 heavy (non-hydrogen) atoms. The Kier molecular flexibility index (Phi) is 6.88. The molecule has 0 radical (unpaired) electrons. The molecule has 6 nitrogen and oxygen atoms in total. The first-order valence-corrected chi connectivity index (χ1v) is 11.8. The Labute approximate surface area is 211 Å². The van der Waals surface area contributed by atoms with Gasteiger partial charge in [-0.2, -0.15) is 0 Å². The zero-order valence-corrected chi connectivity index (χ0v) is 21.2. The summed E-state index contributed by atoms with van der Waals surface area (Å²) in [5.41, 5.74) is 2.74. The van der Waals surface area contributed by atoms with Crippen LogP contribution >= 0.6 is 0 Å². The summed E-state index contributed by atoms with van der Waals surface area (Å²) >= 11 is 0. The number of ketones is 1. The Morgan fingerprint density at radius 3 is 2.28 bits per heavy atom. The summed E-state index contributed by atoms with van der Waals surface area (Å²) < 4.78 is 11.2. The van der Waals surface area contributed by atoms with E-state index in [1.807, 2.05) is 76.2 Å². The van der Waals surface area contributed by atoms with Crippen LogP contribution in [0.4, 0.5) is 0 Å². The number of aryl methyl sites for hydroxylation is 1. The number of carbonyl (C=O) groups excluding carboxylic acids is 2. The van der Waals surface area contributed by atoms with Gasteiger partial charge in [0.05, 0.1) is 18.7 Å². The molecule has 186 valence electrons. The standard InChI is InChI=1S/C30H31NO5/c1-19-8-6-9-21(16-19)26-25(27(32)22-10-7-11-24(17-22)35-5)28(33)29(34)31(26)18-20-12-14-23(15-13-20)36-30(2,3)4/h6-17,26,32H,18H2,1-5H3/b27-25-. The quantitative estimate of drug-likeness (QED) is 0.271. The lowest BCUT2D eigenvalue weighted by Crippen LogP contribution is -2.29. The van der Waals surface area contributed by atoms with E-state index in [2.05, 4.69) is 0 Å². The SMILES string of the molecule is COc1cccc(/C(O)=C2/C(=O)C(=O)N(Cc3ccc(OC(C)(C)C)cc3)C2c2cccc(C)c2)c1. The topological polar surface area (TPSA) is 76.1 Å². The van der Waals surface area contributed by atoms with Crippen LogP contribution in [0, 0.1) is 6.92 Å². The van der Waals surface area contributed by atoms with Gasteiger partial charge >= 0.3 is 0 Å². The monoisotopic (exact) mass is 485 g/mol. The minimum Gasteiger partial charge on any atom is -0.507 e. The first-order valence-electron chi connectivity index (χ1n) is 11.8. The first kappa shape index (κ1) is 25.0. The van der Waals surface area contributed by atoms with Crippen LogP contribution in [0.2, 0.25) is 0 Å². The van der Waals surface area contributed by atoms with Gasteiger partial charge in [-0.1, -0.05) is 54.1 Å². The van der Waals surface area contributed by atoms with Crippen molar-refractivity contribution in [1.29, 1.82) is 0 Å². The number of carbonyl (C=O) groups is 2. The highest BCUT2D eigenvalue weighted by Crippen LogP contribution is 2.41. The number of hydrogen-bond donors (Lipinski definition) is 1. The number of likely N-dealkylation sites (tertiary alicyclic amines) is 1. The molecule has 0 aliphatic carbocycles. The van der Waals surface area contributed by atoms with Gasteiger partial charge in [0.1, 0.15) is 22.9 Å². The molecule has 1 N–H and O–H groups in total. The maximum absolute atomic E-state index is 13.3. The van der Waals surface area contributed by atoms with Crippen molar-refractivity contribution in [3.05, 3.63) is 101 Å². The Morgan fingerprint density at radius 1 is 0.944 bits per heavy atom. The van der Waals surface area contributed by atoms with E-state index < -0.39 is 17.7 Å². The van der Waals surface area contributed by atoms with Crippen molar-refractivity contribution < 1.29 is 24.2 Å². The largest absolute Gasteiger partial charge is 0.507 e. The van der Waals surface area contributed by atoms with Crippen LogP contribution in [0.3, 0.4) is 0 Å². The molecule has 1 heterocycles. The van der Waals surface area contributed by atoms with Crippen LogP contribution in [-0.2, 0) is 16.1 Å². The van der Waals surface area contributed by atoms with Gasteiger partial charge in [-0.05, 0) is 63.1 Å². The first-order chi connectivity index (χ1) is 17.1. The zero-order valence-electron chi connectivity index (χ0n) is 21.2. The summed E-state index contributed by atoms with van der Waals surface area (Å²) in [7, 11) is 1.53. The number of hydrogen-bond acceptors (Lipinski definition) is 5. The van der Waals surface area contributed by atoms with E-state index in [4.69, 9.17) is 9.47 Å². The highest BCUT2D eigenvalue weighted by Gasteiger charge is 2.46. The number of aliphatic hydroxyl groups is 1. The average Bonchev–Trinajstić information content (AvgIpc) is 3.09. The second-order valence-electron chi connectivity index (χ2n) is 9.93. The molecule has 1 aliphatic rings. The van der Waals surface area contributed by atoms with Gasteiger partial charge in [0.2, 0.25) is 0 Å². The predicted octanol–water partition coefficient (Wildman–Crippen LogP) is 5.80. The van der Waals surface area contributed by atoms with Crippen molar-refractivity contribution in [2.24, 2.45) is 0 Å². The summed E-state index contributed by atoms with van der Waals surface area (Å²) in [5, 5.41) is 11.3. The third-order valence-corrected chi connectivity index (χ3v) is 5.94. The fourth-order valence-electron chi connectivity index (χ4n) is 4.37. The molecular formula is C30H31NO5. The highest BCUT2D eigenvalue weighted by molar-refractivity contribution is 6.46. The van der Waals surface area contributed by atoms with Crippen molar-refractivity contribution in [2.45, 2.75) is 45.9 Å². The van der Waals surface area contributed by atoms with Gasteiger partial charge in [0.15, 0.2) is 0 Å². The van der Waals surface area contributed by atoms with Crippen LogP contribution in [0.25, 0.3) is 5.76 Å². The molecule has 3 aromatic rings. The van der Waals surface area contributed by atoms with Crippen molar-refractivity contribution in [3.63, 3.8) is 0 Å². The van der Waals surface area contributed by atoms with Gasteiger partial charge in [-0.25, -0.2) is 0 Å². The smallest absolute Gasteiger partial charge is 0.295 e. The molecule has 4 rings (SSSR count). The minimum absolute atomic E-state index is 0.0616. The molecule has 1 amide bonds. The molecule has 0 saturated carbocycles. The average molecular weight is 486 g/mol. The summed E-state index contributed by atoms with van der Waals surface area (Å²) in [6, 6.07) is 21.2. The molecule has 6 heteroatoms. The second-order valence-corrected chi connectivity index (χ2v) is 9.93. The number of methoxy groups -OCH3 is 1. The number of benzene rings is 3. The molecule has 1 atom stereocenters. The summed E-state index contributed by atoms with van der Waals surface area (Å²) in [6.45, 7) is 8.08. The Bertz CT molecular complexity index is 1320. The van der Waals surface area contributed by atoms with Crippen molar-refractivity contribution >= 4 is 17.4 Å². The lowest BCUT2D eigenvalue weighted by atomic mass is 9.94. The van der Waals surface area contributed by atoms with E-state index in [0.29, 0.717) is 11.3 Å². The lowest BCUT2D eigenvalue weighted by Gasteiger charge is -2.26. The van der Waals surface area contributed by atoms with Crippen LogP contribution in [0.15, 0.2) is 78.4 Å². The Hall–Kier alpha value is -4.06. The van der Waals surface area contributed by atoms with Gasteiger partial charge in [-0.3, -0.25) is 9.59 Å². The van der Waals surface area contributed by atoms with Crippen molar-refractivity contribution in [3.8, 4) is 11.5 Å². The molecule has 1 unspecified atom stereocenters. The van der Waals surface area contributed by atoms with Crippen LogP contribution < -0.4 is 9.47 Å². The number of aliphatic hydroxyl groups excluding tert-OH is 1. The number of nitrogens with zero attached hydrogens (tertiary/aromatic N) is 1. The van der Waals surface area contributed by atoms with Gasteiger partial charge in [-0.15, -0.1) is 0 Å². The normalized spacial score (nSPS) is 17.4. The Morgan fingerprint density at radius 2 is 1.64 bits per heavy atom. The molecule has 1 aliphatic heterocycles. The second kappa shape index (κ2) is 9.90. The molecule has 0 aromatic heterocycles. The van der Waals surface area contributed by atoms with Crippen molar-refractivity contribution in [2.75, 3.05) is 7.11 Å². The number of ether oxygens (including phenoxy) is 2. The number of amides is 1. The van der Waals surface area contributed by atoms with E-state index in [9.17, 15) is 14.7 Å². The van der Waals surface area contributed by atoms with Gasteiger partial charge in [0, 0.05) is 12.1 Å². The lowest BCUT2D eigenvalue weighted by molar-refractivity contribution is -0.140. The highest BCUT2D eigenvalue weighted by atomic mass is 16.5. The third-order valence-electron chi connectivity index (χ3n) is 5.94. The molecule has 1 fully saturated rings. The van der Waals surface area contributed by atoms with Gasteiger partial charge < -0.3 is 19.5 Å². The van der Waals surface area contributed by atoms with E-state index >= 15 is 0 Å². The van der Waals surface area contributed by atoms with Crippen LogP contribution in [0.5, 0.6) is 11.5 Å².